The molecule has 1 spiro atoms. The van der Waals surface area contributed by atoms with E-state index >= 15 is 0 Å². The van der Waals surface area contributed by atoms with E-state index in [2.05, 4.69) is 22.1 Å². The molecule has 4 rings (SSSR count). The van der Waals surface area contributed by atoms with Crippen LogP contribution in [0.1, 0.15) is 69.0 Å². The van der Waals surface area contributed by atoms with Gasteiger partial charge >= 0.3 is 6.01 Å². The number of ether oxygens (including phenoxy) is 2. The number of rotatable bonds is 7. The van der Waals surface area contributed by atoms with Crippen LogP contribution in [0.3, 0.4) is 0 Å². The molecular formula is C23H31N3O2. The molecule has 0 amide bonds. The lowest BCUT2D eigenvalue weighted by Gasteiger charge is -2.46. The van der Waals surface area contributed by atoms with Gasteiger partial charge in [-0.3, -0.25) is 4.98 Å². The number of aryl methyl sites for hydroxylation is 1. The average molecular weight is 382 g/mol. The van der Waals surface area contributed by atoms with Crippen molar-refractivity contribution in [2.75, 3.05) is 13.7 Å². The predicted molar refractivity (Wildman–Crippen MR) is 108 cm³/mol. The second-order valence-electron chi connectivity index (χ2n) is 8.45. The van der Waals surface area contributed by atoms with Gasteiger partial charge in [-0.25, -0.2) is 9.97 Å². The van der Waals surface area contributed by atoms with Crippen LogP contribution < -0.4 is 4.74 Å². The predicted octanol–water partition coefficient (Wildman–Crippen LogP) is 4.65. The van der Waals surface area contributed by atoms with Gasteiger partial charge in [0, 0.05) is 36.3 Å². The summed E-state index contributed by atoms with van der Waals surface area (Å²) >= 11 is 0. The summed E-state index contributed by atoms with van der Waals surface area (Å²) in [6, 6.07) is 6.81. The Bertz CT molecular complexity index is 744. The van der Waals surface area contributed by atoms with E-state index in [4.69, 9.17) is 14.5 Å². The number of pyridine rings is 1. The van der Waals surface area contributed by atoms with Crippen LogP contribution in [0.2, 0.25) is 0 Å². The molecule has 0 aromatic carbocycles. The first-order chi connectivity index (χ1) is 13.7. The lowest BCUT2D eigenvalue weighted by Crippen LogP contribution is -2.46. The quantitative estimate of drug-likeness (QED) is 0.653. The Morgan fingerprint density at radius 1 is 1.04 bits per heavy atom. The van der Waals surface area contributed by atoms with Crippen LogP contribution in [0.25, 0.3) is 0 Å². The van der Waals surface area contributed by atoms with Crippen molar-refractivity contribution < 1.29 is 9.47 Å². The van der Waals surface area contributed by atoms with Crippen molar-refractivity contribution in [1.82, 2.24) is 15.0 Å². The highest BCUT2D eigenvalue weighted by molar-refractivity contribution is 5.20. The fourth-order valence-electron chi connectivity index (χ4n) is 5.17. The Morgan fingerprint density at radius 3 is 2.57 bits per heavy atom. The molecule has 28 heavy (non-hydrogen) atoms. The first-order valence-electron chi connectivity index (χ1n) is 10.6. The highest BCUT2D eigenvalue weighted by Crippen LogP contribution is 2.50. The summed E-state index contributed by atoms with van der Waals surface area (Å²) in [4.78, 5) is 13.2. The summed E-state index contributed by atoms with van der Waals surface area (Å²) in [6.07, 6.45) is 17.4. The lowest BCUT2D eigenvalue weighted by molar-refractivity contribution is -0.104. The van der Waals surface area contributed by atoms with Crippen LogP contribution >= 0.6 is 0 Å². The Balaban J connectivity index is 1.42. The summed E-state index contributed by atoms with van der Waals surface area (Å²) in [6.45, 7) is 0.864. The third kappa shape index (κ3) is 4.19. The van der Waals surface area contributed by atoms with Crippen LogP contribution in [-0.4, -0.2) is 34.3 Å². The van der Waals surface area contributed by atoms with Gasteiger partial charge in [0.25, 0.3) is 0 Å². The third-order valence-corrected chi connectivity index (χ3v) is 6.61. The zero-order chi connectivity index (χ0) is 19.3. The van der Waals surface area contributed by atoms with E-state index in [-0.39, 0.29) is 11.0 Å². The first-order valence-corrected chi connectivity index (χ1v) is 10.6. The second-order valence-corrected chi connectivity index (χ2v) is 8.45. The molecule has 0 unspecified atom stereocenters. The number of unbranched alkanes of at least 4 members (excludes halogenated alkanes) is 1. The number of methoxy groups -OCH3 is 1. The molecular weight excluding hydrogens is 350 g/mol. The Labute approximate surface area is 167 Å². The van der Waals surface area contributed by atoms with Gasteiger partial charge in [-0.15, -0.1) is 0 Å². The monoisotopic (exact) mass is 381 g/mol. The van der Waals surface area contributed by atoms with E-state index in [9.17, 15) is 0 Å². The van der Waals surface area contributed by atoms with E-state index in [1.165, 1.54) is 49.8 Å². The van der Waals surface area contributed by atoms with E-state index in [1.54, 1.807) is 7.11 Å². The van der Waals surface area contributed by atoms with Gasteiger partial charge in [-0.05, 0) is 62.6 Å². The van der Waals surface area contributed by atoms with E-state index in [0.717, 1.165) is 32.3 Å². The summed E-state index contributed by atoms with van der Waals surface area (Å²) in [5.74, 6) is 0. The van der Waals surface area contributed by atoms with Gasteiger partial charge in [-0.2, -0.15) is 0 Å². The van der Waals surface area contributed by atoms with Crippen LogP contribution in [0.15, 0.2) is 36.8 Å². The van der Waals surface area contributed by atoms with Crippen molar-refractivity contribution in [1.29, 1.82) is 0 Å². The molecule has 5 heteroatoms. The zero-order valence-corrected chi connectivity index (χ0v) is 16.9. The van der Waals surface area contributed by atoms with Crippen LogP contribution in [0.5, 0.6) is 6.01 Å². The van der Waals surface area contributed by atoms with Crippen molar-refractivity contribution in [3.8, 4) is 6.01 Å². The van der Waals surface area contributed by atoms with Gasteiger partial charge in [0.2, 0.25) is 0 Å². The first kappa shape index (κ1) is 19.3. The highest BCUT2D eigenvalue weighted by Gasteiger charge is 2.48. The SMILES string of the molecule is COc1ncc(CCCC[C@@]2(c3ccccn3)CCOC3(CCCC3)C2)cn1. The smallest absolute Gasteiger partial charge is 0.316 e. The van der Waals surface area contributed by atoms with Crippen LogP contribution in [-0.2, 0) is 16.6 Å². The molecule has 1 aliphatic carbocycles. The fraction of sp³-hybridized carbons (Fsp3) is 0.609. The minimum absolute atomic E-state index is 0.0968. The van der Waals surface area contributed by atoms with E-state index in [1.807, 2.05) is 24.7 Å². The molecule has 0 bridgehead atoms. The van der Waals surface area contributed by atoms with Crippen molar-refractivity contribution in [2.24, 2.45) is 0 Å². The number of hydrogen-bond acceptors (Lipinski definition) is 5. The molecule has 5 nitrogen and oxygen atoms in total. The molecule has 2 aromatic heterocycles. The molecule has 2 aliphatic rings. The van der Waals surface area contributed by atoms with Crippen LogP contribution in [0.4, 0.5) is 0 Å². The summed E-state index contributed by atoms with van der Waals surface area (Å²) in [7, 11) is 1.59. The van der Waals surface area contributed by atoms with Crippen LogP contribution in [0, 0.1) is 0 Å². The van der Waals surface area contributed by atoms with Crippen molar-refractivity contribution in [2.45, 2.75) is 75.2 Å². The van der Waals surface area contributed by atoms with E-state index < -0.39 is 0 Å². The largest absolute Gasteiger partial charge is 0.467 e. The topological polar surface area (TPSA) is 57.1 Å². The summed E-state index contributed by atoms with van der Waals surface area (Å²) < 4.78 is 11.4. The minimum atomic E-state index is 0.0968. The Hall–Kier alpha value is -2.01. The van der Waals surface area contributed by atoms with Crippen molar-refractivity contribution in [3.63, 3.8) is 0 Å². The Morgan fingerprint density at radius 2 is 1.86 bits per heavy atom. The molecule has 3 heterocycles. The second kappa shape index (κ2) is 8.56. The average Bonchev–Trinajstić information content (AvgIpc) is 3.19. The maximum absolute atomic E-state index is 6.34. The van der Waals surface area contributed by atoms with E-state index in [0.29, 0.717) is 6.01 Å². The Kier molecular flexibility index (Phi) is 5.90. The van der Waals surface area contributed by atoms with Gasteiger partial charge in [0.1, 0.15) is 0 Å². The lowest BCUT2D eigenvalue weighted by atomic mass is 9.67. The molecule has 1 aliphatic heterocycles. The van der Waals surface area contributed by atoms with Gasteiger partial charge in [0.15, 0.2) is 0 Å². The molecule has 2 aromatic rings. The normalized spacial score (nSPS) is 23.8. The fourth-order valence-corrected chi connectivity index (χ4v) is 5.17. The summed E-state index contributed by atoms with van der Waals surface area (Å²) in [5.41, 5.74) is 2.68. The molecule has 1 saturated heterocycles. The van der Waals surface area contributed by atoms with Crippen molar-refractivity contribution in [3.05, 3.63) is 48.0 Å². The maximum Gasteiger partial charge on any atom is 0.316 e. The van der Waals surface area contributed by atoms with Gasteiger partial charge in [0.05, 0.1) is 12.7 Å². The minimum Gasteiger partial charge on any atom is -0.467 e. The number of hydrogen-bond donors (Lipinski definition) is 0. The maximum atomic E-state index is 6.34. The number of nitrogens with zero attached hydrogens (tertiary/aromatic N) is 3. The molecule has 0 radical (unpaired) electrons. The molecule has 150 valence electrons. The molecule has 1 atom stereocenters. The van der Waals surface area contributed by atoms with Gasteiger partial charge < -0.3 is 9.47 Å². The van der Waals surface area contributed by atoms with Gasteiger partial charge in [-0.1, -0.05) is 25.3 Å². The summed E-state index contributed by atoms with van der Waals surface area (Å²) in [5, 5.41) is 0. The van der Waals surface area contributed by atoms with Crippen molar-refractivity contribution >= 4 is 0 Å². The molecule has 2 fully saturated rings. The standard InChI is InChI=1S/C23H31N3O2/c1-27-21-25-16-19(17-26-21)8-2-4-10-22(20-9-3-7-14-24-20)13-15-28-23(18-22)11-5-6-12-23/h3,7,9,14,16-17H,2,4-6,8,10-13,15,18H2,1H3/t22-/m1/s1. The highest BCUT2D eigenvalue weighted by atomic mass is 16.5. The third-order valence-electron chi connectivity index (χ3n) is 6.61. The molecule has 0 N–H and O–H groups in total. The number of aromatic nitrogens is 3. The molecule has 1 saturated carbocycles. The zero-order valence-electron chi connectivity index (χ0n) is 16.9.